The highest BCUT2D eigenvalue weighted by Gasteiger charge is 2.84. The maximum Gasteiger partial charge on any atom is 0.303 e. The van der Waals surface area contributed by atoms with E-state index in [4.69, 9.17) is 18.9 Å². The van der Waals surface area contributed by atoms with Crippen LogP contribution < -0.4 is 0 Å². The molecule has 0 radical (unpaired) electrons. The molecule has 2 spiro atoms. The summed E-state index contributed by atoms with van der Waals surface area (Å²) in [6.07, 6.45) is 6.89. The van der Waals surface area contributed by atoms with Crippen LogP contribution in [-0.2, 0) is 23.7 Å². The number of aliphatic hydroxyl groups excluding tert-OH is 2. The van der Waals surface area contributed by atoms with Gasteiger partial charge in [0.2, 0.25) is 0 Å². The first-order valence-corrected chi connectivity index (χ1v) is 17.6. The molecule has 0 amide bonds. The van der Waals surface area contributed by atoms with E-state index in [1.807, 2.05) is 0 Å². The first-order valence-electron chi connectivity index (χ1n) is 17.6. The van der Waals surface area contributed by atoms with Crippen molar-refractivity contribution in [2.75, 3.05) is 19.8 Å². The van der Waals surface area contributed by atoms with Crippen LogP contribution in [0.4, 0.5) is 0 Å². The summed E-state index contributed by atoms with van der Waals surface area (Å²) in [5.41, 5.74) is -1.09. The van der Waals surface area contributed by atoms with Gasteiger partial charge in [0, 0.05) is 18.8 Å². The standard InChI is InChI=1S/C36H60O9/c1-21-17-23(29(31(5,6)40)43-22(2)39)44-24-18-33(8)26-10-9-25-30(3,4)36(41,45-27(19-38)42-16-15-37)14-13-34(25)20-35(26,34)12-11-32(33,7)28(21)24/h21,23-29,37-38,40-41H,9-20H2,1-8H3/t21-,23?,24?,25?,26+,27?,28+,29?,32-,33+,34-,35?,36?/m1/s1. The Balaban J connectivity index is 1.26. The molecule has 6 rings (SSSR count). The summed E-state index contributed by atoms with van der Waals surface area (Å²) in [7, 11) is 0. The smallest absolute Gasteiger partial charge is 0.303 e. The number of ether oxygens (including phenoxy) is 4. The molecule has 5 saturated carbocycles. The summed E-state index contributed by atoms with van der Waals surface area (Å²) in [4.78, 5) is 12.0. The van der Waals surface area contributed by atoms with Gasteiger partial charge in [-0.15, -0.1) is 0 Å². The van der Waals surface area contributed by atoms with Gasteiger partial charge in [-0.05, 0) is 111 Å². The molecule has 0 aromatic heterocycles. The first kappa shape index (κ1) is 34.1. The average Bonchev–Trinajstić information content (AvgIpc) is 3.55. The van der Waals surface area contributed by atoms with Crippen molar-refractivity contribution in [2.24, 2.45) is 50.7 Å². The zero-order chi connectivity index (χ0) is 33.0. The Morgan fingerprint density at radius 1 is 1.00 bits per heavy atom. The Hall–Kier alpha value is -0.810. The fraction of sp³-hybridized carbons (Fsp3) is 0.972. The zero-order valence-electron chi connectivity index (χ0n) is 28.9. The average molecular weight is 637 g/mol. The van der Waals surface area contributed by atoms with Gasteiger partial charge in [0.05, 0.1) is 37.6 Å². The predicted molar refractivity (Wildman–Crippen MR) is 167 cm³/mol. The number of fused-ring (bicyclic) bond motifs is 4. The molecule has 1 heterocycles. The number of aliphatic hydroxyl groups is 4. The lowest BCUT2D eigenvalue weighted by Gasteiger charge is -2.64. The highest BCUT2D eigenvalue weighted by molar-refractivity contribution is 5.66. The monoisotopic (exact) mass is 636 g/mol. The predicted octanol–water partition coefficient (Wildman–Crippen LogP) is 4.56. The number of hydrogen-bond acceptors (Lipinski definition) is 9. The third-order valence-electron chi connectivity index (χ3n) is 15.1. The van der Waals surface area contributed by atoms with Gasteiger partial charge in [0.15, 0.2) is 18.2 Å². The molecule has 258 valence electrons. The van der Waals surface area contributed by atoms with E-state index in [0.29, 0.717) is 30.1 Å². The van der Waals surface area contributed by atoms with Gasteiger partial charge in [-0.3, -0.25) is 4.79 Å². The van der Waals surface area contributed by atoms with Gasteiger partial charge < -0.3 is 39.4 Å². The van der Waals surface area contributed by atoms with Crippen molar-refractivity contribution in [2.45, 2.75) is 149 Å². The van der Waals surface area contributed by atoms with Gasteiger partial charge in [0.25, 0.3) is 0 Å². The Kier molecular flexibility index (Phi) is 8.21. The van der Waals surface area contributed by atoms with Crippen LogP contribution in [0.15, 0.2) is 0 Å². The summed E-state index contributed by atoms with van der Waals surface area (Å²) in [5, 5.41) is 42.1. The van der Waals surface area contributed by atoms with Crippen LogP contribution in [0.2, 0.25) is 0 Å². The number of carbonyl (C=O) groups is 1. The van der Waals surface area contributed by atoms with E-state index in [2.05, 4.69) is 34.6 Å². The minimum absolute atomic E-state index is 0.0461. The number of hydrogen-bond donors (Lipinski definition) is 4. The van der Waals surface area contributed by atoms with Crippen molar-refractivity contribution in [3.05, 3.63) is 0 Å². The van der Waals surface area contributed by atoms with E-state index in [-0.39, 0.29) is 53.7 Å². The van der Waals surface area contributed by atoms with Crippen LogP contribution in [0.3, 0.4) is 0 Å². The van der Waals surface area contributed by atoms with Crippen molar-refractivity contribution >= 4 is 5.97 Å². The number of carbonyl (C=O) groups excluding carboxylic acids is 1. The van der Waals surface area contributed by atoms with Crippen molar-refractivity contribution in [1.29, 1.82) is 0 Å². The Labute approximate surface area is 269 Å². The molecule has 4 N–H and O–H groups in total. The van der Waals surface area contributed by atoms with E-state index in [1.54, 1.807) is 13.8 Å². The Bertz CT molecular complexity index is 1150. The molecular formula is C36H60O9. The van der Waals surface area contributed by atoms with Crippen LogP contribution in [0.5, 0.6) is 0 Å². The number of esters is 1. The molecule has 13 atom stereocenters. The lowest BCUT2D eigenvalue weighted by molar-refractivity contribution is -0.367. The van der Waals surface area contributed by atoms with Gasteiger partial charge >= 0.3 is 5.97 Å². The van der Waals surface area contributed by atoms with Crippen LogP contribution in [0.1, 0.15) is 113 Å². The van der Waals surface area contributed by atoms with Crippen LogP contribution in [0.25, 0.3) is 0 Å². The molecule has 0 bridgehead atoms. The summed E-state index contributed by atoms with van der Waals surface area (Å²) in [6, 6.07) is 0. The second-order valence-corrected chi connectivity index (χ2v) is 17.7. The molecule has 0 aromatic rings. The molecule has 6 fully saturated rings. The van der Waals surface area contributed by atoms with E-state index in [0.717, 1.165) is 38.5 Å². The third-order valence-corrected chi connectivity index (χ3v) is 15.1. The minimum Gasteiger partial charge on any atom is -0.457 e. The van der Waals surface area contributed by atoms with Crippen molar-refractivity contribution < 1.29 is 44.2 Å². The van der Waals surface area contributed by atoms with Crippen molar-refractivity contribution in [1.82, 2.24) is 0 Å². The maximum absolute atomic E-state index is 12.0. The van der Waals surface area contributed by atoms with Gasteiger partial charge in [-0.1, -0.05) is 34.6 Å². The maximum atomic E-state index is 12.0. The topological polar surface area (TPSA) is 135 Å². The first-order chi connectivity index (χ1) is 20.9. The summed E-state index contributed by atoms with van der Waals surface area (Å²) in [6.45, 7) is 16.0. The molecular weight excluding hydrogens is 576 g/mol. The fourth-order valence-electron chi connectivity index (χ4n) is 13.1. The van der Waals surface area contributed by atoms with Gasteiger partial charge in [-0.2, -0.15) is 0 Å². The van der Waals surface area contributed by atoms with Gasteiger partial charge in [-0.25, -0.2) is 0 Å². The van der Waals surface area contributed by atoms with E-state index in [1.165, 1.54) is 19.8 Å². The fourth-order valence-corrected chi connectivity index (χ4v) is 13.1. The molecule has 45 heavy (non-hydrogen) atoms. The Morgan fingerprint density at radius 2 is 1.64 bits per heavy atom. The normalized spacial score (nSPS) is 49.4. The quantitative estimate of drug-likeness (QED) is 0.212. The molecule has 6 aliphatic rings. The van der Waals surface area contributed by atoms with Gasteiger partial charge in [0.1, 0.15) is 0 Å². The van der Waals surface area contributed by atoms with Crippen LogP contribution in [0, 0.1) is 50.7 Å². The third kappa shape index (κ3) is 4.68. The zero-order valence-corrected chi connectivity index (χ0v) is 28.9. The molecule has 5 aliphatic carbocycles. The molecule has 0 aromatic carbocycles. The largest absolute Gasteiger partial charge is 0.457 e. The molecule has 9 nitrogen and oxygen atoms in total. The molecule has 9 heteroatoms. The highest BCUT2D eigenvalue weighted by Crippen LogP contribution is 2.89. The second-order valence-electron chi connectivity index (χ2n) is 17.7. The number of rotatable bonds is 9. The Morgan fingerprint density at radius 3 is 2.27 bits per heavy atom. The molecule has 1 saturated heterocycles. The highest BCUT2D eigenvalue weighted by atomic mass is 16.7. The van der Waals surface area contributed by atoms with Crippen LogP contribution in [-0.4, -0.2) is 82.2 Å². The second kappa shape index (κ2) is 10.8. The molecule has 1 aliphatic heterocycles. The summed E-state index contributed by atoms with van der Waals surface area (Å²) in [5.74, 6) is -0.153. The van der Waals surface area contributed by atoms with Crippen LogP contribution >= 0.6 is 0 Å². The SMILES string of the molecule is CC(=O)OC(C1C[C@@H](C)[C@H]2C(C[C@@]3(C)[C@@H]4CCC5C(C)(C)C(O)(OC(CO)OCCO)CC[C@@]56CC46CC[C@]23C)O1)C(C)(C)O. The van der Waals surface area contributed by atoms with E-state index < -0.39 is 35.2 Å². The summed E-state index contributed by atoms with van der Waals surface area (Å²) < 4.78 is 24.3. The molecule has 7 unspecified atom stereocenters. The minimum atomic E-state index is -1.42. The van der Waals surface area contributed by atoms with Crippen molar-refractivity contribution in [3.8, 4) is 0 Å². The van der Waals surface area contributed by atoms with E-state index in [9.17, 15) is 25.2 Å². The van der Waals surface area contributed by atoms with E-state index >= 15 is 0 Å². The van der Waals surface area contributed by atoms with Crippen molar-refractivity contribution in [3.63, 3.8) is 0 Å². The lowest BCUT2D eigenvalue weighted by Crippen LogP contribution is -2.62. The lowest BCUT2D eigenvalue weighted by atomic mass is 9.41. The summed E-state index contributed by atoms with van der Waals surface area (Å²) >= 11 is 0.